The van der Waals surface area contributed by atoms with Crippen molar-refractivity contribution in [2.75, 3.05) is 17.6 Å². The fraction of sp³-hybridized carbons (Fsp3) is 0.350. The van der Waals surface area contributed by atoms with Crippen LogP contribution in [-0.2, 0) is 22.4 Å². The molecular formula is C20H24N4O3S. The predicted molar refractivity (Wildman–Crippen MR) is 111 cm³/mol. The maximum atomic E-state index is 12.2. The maximum Gasteiger partial charge on any atom is 0.407 e. The average molecular weight is 401 g/mol. The van der Waals surface area contributed by atoms with Gasteiger partial charge in [-0.25, -0.2) is 4.79 Å². The van der Waals surface area contributed by atoms with Crippen LogP contribution in [0.5, 0.6) is 0 Å². The molecule has 0 radical (unpaired) electrons. The number of nitrogens with zero attached hydrogens (tertiary/aromatic N) is 1. The third-order valence-electron chi connectivity index (χ3n) is 4.40. The fourth-order valence-corrected chi connectivity index (χ4v) is 4.23. The van der Waals surface area contributed by atoms with Crippen molar-refractivity contribution in [3.05, 3.63) is 46.6 Å². The molecule has 1 unspecified atom stereocenters. The molecule has 0 aliphatic heterocycles. The summed E-state index contributed by atoms with van der Waals surface area (Å²) in [6.07, 6.45) is 8.90. The number of nitrogens with one attached hydrogen (secondary N) is 2. The van der Waals surface area contributed by atoms with E-state index in [0.29, 0.717) is 23.7 Å². The summed E-state index contributed by atoms with van der Waals surface area (Å²) < 4.78 is 5.48. The van der Waals surface area contributed by atoms with Gasteiger partial charge in [0.05, 0.1) is 5.69 Å². The number of nitrogens with two attached hydrogens (primary N) is 1. The third kappa shape index (κ3) is 5.10. The molecule has 0 spiro atoms. The molecule has 0 saturated carbocycles. The number of amides is 2. The summed E-state index contributed by atoms with van der Waals surface area (Å²) in [5, 5.41) is 6.21. The second-order valence-electron chi connectivity index (χ2n) is 6.55. The number of hydrogen-bond acceptors (Lipinski definition) is 6. The number of pyridine rings is 1. The summed E-state index contributed by atoms with van der Waals surface area (Å²) in [5.74, 6) is -0.249. The van der Waals surface area contributed by atoms with E-state index in [1.165, 1.54) is 17.4 Å². The number of rotatable bonds is 6. The number of thiophene rings is 1. The lowest BCUT2D eigenvalue weighted by atomic mass is 9.95. The summed E-state index contributed by atoms with van der Waals surface area (Å²) in [6, 6.07) is 3.68. The van der Waals surface area contributed by atoms with Gasteiger partial charge in [0.25, 0.3) is 0 Å². The van der Waals surface area contributed by atoms with Gasteiger partial charge in [-0.2, -0.15) is 0 Å². The lowest BCUT2D eigenvalue weighted by Gasteiger charge is -2.22. The molecular weight excluding hydrogens is 376 g/mol. The lowest BCUT2D eigenvalue weighted by Crippen LogP contribution is -2.32. The normalized spacial score (nSPS) is 15.8. The molecule has 0 fully saturated rings. The largest absolute Gasteiger partial charge is 0.446 e. The van der Waals surface area contributed by atoms with Crippen LogP contribution in [-0.4, -0.2) is 29.6 Å². The zero-order valence-corrected chi connectivity index (χ0v) is 16.6. The van der Waals surface area contributed by atoms with E-state index in [1.54, 1.807) is 18.5 Å². The van der Waals surface area contributed by atoms with E-state index in [1.807, 2.05) is 19.1 Å². The number of hydrogen-bond donors (Lipinski definition) is 3. The fourth-order valence-electron chi connectivity index (χ4n) is 2.99. The van der Waals surface area contributed by atoms with E-state index in [2.05, 4.69) is 15.6 Å². The Kier molecular flexibility index (Phi) is 6.65. The monoisotopic (exact) mass is 400 g/mol. The Morgan fingerprint density at radius 2 is 2.32 bits per heavy atom. The van der Waals surface area contributed by atoms with Crippen molar-refractivity contribution >= 4 is 40.1 Å². The van der Waals surface area contributed by atoms with Crippen molar-refractivity contribution in [1.82, 2.24) is 10.3 Å². The van der Waals surface area contributed by atoms with Gasteiger partial charge < -0.3 is 21.1 Å². The van der Waals surface area contributed by atoms with Crippen LogP contribution in [0.15, 0.2) is 30.6 Å². The van der Waals surface area contributed by atoms with Crippen molar-refractivity contribution in [2.45, 2.75) is 38.7 Å². The first kappa shape index (κ1) is 19.9. The summed E-state index contributed by atoms with van der Waals surface area (Å²) in [7, 11) is 0. The van der Waals surface area contributed by atoms with E-state index in [-0.39, 0.29) is 18.1 Å². The average Bonchev–Trinajstić information content (AvgIpc) is 3.00. The van der Waals surface area contributed by atoms with Gasteiger partial charge in [-0.1, -0.05) is 13.0 Å². The number of aromatic nitrogens is 1. The summed E-state index contributed by atoms with van der Waals surface area (Å²) in [5.41, 5.74) is 8.73. The number of ether oxygens (including phenoxy) is 1. The molecule has 7 nitrogen and oxygen atoms in total. The number of fused-ring (bicyclic) bond motifs is 1. The van der Waals surface area contributed by atoms with E-state index >= 15 is 0 Å². The number of nitrogen functional groups attached to an aromatic ring is 1. The third-order valence-corrected chi connectivity index (χ3v) is 5.59. The van der Waals surface area contributed by atoms with Crippen LogP contribution < -0.4 is 16.4 Å². The predicted octanol–water partition coefficient (Wildman–Crippen LogP) is 3.37. The first-order valence-corrected chi connectivity index (χ1v) is 10.1. The van der Waals surface area contributed by atoms with Crippen LogP contribution in [0.1, 0.15) is 35.8 Å². The van der Waals surface area contributed by atoms with Gasteiger partial charge in [0.2, 0.25) is 5.91 Å². The number of alkyl carbamates (subject to hydrolysis) is 1. The second kappa shape index (κ2) is 9.36. The van der Waals surface area contributed by atoms with Crippen LogP contribution in [0.2, 0.25) is 0 Å². The van der Waals surface area contributed by atoms with E-state index < -0.39 is 0 Å². The topological polar surface area (TPSA) is 106 Å². The standard InChI is InChI=1S/C20H24N4O3S/c1-2-9-23-20(26)27-14-6-7-15-16(11-14)28-19(18(15)21)24-17(25)8-5-13-4-3-10-22-12-13/h3-5,8,10,12,14H,2,6-7,9,11,21H2,1H3,(H,23,26)(H,24,25)/b8-5+. The van der Waals surface area contributed by atoms with Crippen LogP contribution in [0, 0.1) is 0 Å². The minimum Gasteiger partial charge on any atom is -0.446 e. The zero-order valence-electron chi connectivity index (χ0n) is 15.7. The first-order valence-electron chi connectivity index (χ1n) is 9.30. The quantitative estimate of drug-likeness (QED) is 0.645. The van der Waals surface area contributed by atoms with Crippen LogP contribution in [0.4, 0.5) is 15.5 Å². The molecule has 3 rings (SSSR count). The molecule has 0 bridgehead atoms. The van der Waals surface area contributed by atoms with E-state index in [4.69, 9.17) is 10.5 Å². The van der Waals surface area contributed by atoms with Crippen LogP contribution in [0.3, 0.4) is 0 Å². The van der Waals surface area contributed by atoms with Gasteiger partial charge >= 0.3 is 6.09 Å². The number of carbonyl (C=O) groups is 2. The lowest BCUT2D eigenvalue weighted by molar-refractivity contribution is -0.111. The Balaban J connectivity index is 1.60. The summed E-state index contributed by atoms with van der Waals surface area (Å²) in [6.45, 7) is 2.59. The molecule has 8 heteroatoms. The van der Waals surface area contributed by atoms with Crippen molar-refractivity contribution < 1.29 is 14.3 Å². The molecule has 1 aliphatic carbocycles. The van der Waals surface area contributed by atoms with Gasteiger partial charge in [0.15, 0.2) is 0 Å². The van der Waals surface area contributed by atoms with Gasteiger partial charge in [0, 0.05) is 36.3 Å². The van der Waals surface area contributed by atoms with Crippen LogP contribution in [0.25, 0.3) is 6.08 Å². The second-order valence-corrected chi connectivity index (χ2v) is 7.66. The molecule has 4 N–H and O–H groups in total. The molecule has 2 aromatic rings. The minimum atomic E-state index is -0.381. The zero-order chi connectivity index (χ0) is 19.9. The molecule has 1 atom stereocenters. The molecule has 2 amide bonds. The molecule has 2 heterocycles. The smallest absolute Gasteiger partial charge is 0.407 e. The summed E-state index contributed by atoms with van der Waals surface area (Å²) >= 11 is 1.45. The molecule has 2 aromatic heterocycles. The van der Waals surface area contributed by atoms with E-state index in [9.17, 15) is 9.59 Å². The van der Waals surface area contributed by atoms with Crippen molar-refractivity contribution in [2.24, 2.45) is 0 Å². The minimum absolute atomic E-state index is 0.170. The highest BCUT2D eigenvalue weighted by Gasteiger charge is 2.27. The molecule has 0 saturated heterocycles. The Bertz CT molecular complexity index is 864. The first-order chi connectivity index (χ1) is 13.6. The van der Waals surface area contributed by atoms with Crippen molar-refractivity contribution in [3.63, 3.8) is 0 Å². The molecule has 1 aliphatic rings. The van der Waals surface area contributed by atoms with E-state index in [0.717, 1.165) is 35.3 Å². The van der Waals surface area contributed by atoms with Crippen LogP contribution >= 0.6 is 11.3 Å². The highest BCUT2D eigenvalue weighted by molar-refractivity contribution is 7.17. The molecule has 28 heavy (non-hydrogen) atoms. The molecule has 0 aromatic carbocycles. The Hall–Kier alpha value is -2.87. The van der Waals surface area contributed by atoms with Gasteiger partial charge in [-0.05, 0) is 42.5 Å². The van der Waals surface area contributed by atoms with Gasteiger partial charge in [0.1, 0.15) is 11.1 Å². The number of anilines is 2. The Labute approximate surface area is 168 Å². The summed E-state index contributed by atoms with van der Waals surface area (Å²) in [4.78, 5) is 29.0. The van der Waals surface area contributed by atoms with Gasteiger partial charge in [-0.15, -0.1) is 11.3 Å². The Morgan fingerprint density at radius 1 is 1.46 bits per heavy atom. The highest BCUT2D eigenvalue weighted by atomic mass is 32.1. The Morgan fingerprint density at radius 3 is 3.07 bits per heavy atom. The number of carbonyl (C=O) groups excluding carboxylic acids is 2. The molecule has 148 valence electrons. The van der Waals surface area contributed by atoms with Crippen molar-refractivity contribution in [3.8, 4) is 0 Å². The SMILES string of the molecule is CCCNC(=O)OC1CCc2c(sc(NC(=O)/C=C/c3cccnc3)c2N)C1. The maximum absolute atomic E-state index is 12.2. The van der Waals surface area contributed by atoms with Gasteiger partial charge in [-0.3, -0.25) is 9.78 Å². The highest BCUT2D eigenvalue weighted by Crippen LogP contribution is 2.40. The van der Waals surface area contributed by atoms with Crippen molar-refractivity contribution in [1.29, 1.82) is 0 Å².